The number of nitrogens with one attached hydrogen (secondary N) is 1. The van der Waals surface area contributed by atoms with Crippen LogP contribution in [-0.4, -0.2) is 23.0 Å². The maximum atomic E-state index is 12.8. The predicted octanol–water partition coefficient (Wildman–Crippen LogP) is 3.33. The van der Waals surface area contributed by atoms with Gasteiger partial charge in [-0.15, -0.1) is 0 Å². The lowest BCUT2D eigenvalue weighted by Gasteiger charge is -2.32. The lowest BCUT2D eigenvalue weighted by molar-refractivity contribution is -0.133. The quantitative estimate of drug-likeness (QED) is 0.893. The Morgan fingerprint density at radius 2 is 1.85 bits per heavy atom. The molecule has 1 N–H and O–H groups in total. The van der Waals surface area contributed by atoms with Gasteiger partial charge >= 0.3 is 0 Å². The van der Waals surface area contributed by atoms with E-state index in [0.29, 0.717) is 5.92 Å². The number of rotatable bonds is 5. The molecule has 3 unspecified atom stereocenters. The van der Waals surface area contributed by atoms with Crippen LogP contribution in [0.3, 0.4) is 0 Å². The molecule has 0 spiro atoms. The third kappa shape index (κ3) is 2.88. The van der Waals surface area contributed by atoms with E-state index in [4.69, 9.17) is 0 Å². The molecule has 3 heteroatoms. The average molecular weight is 274 g/mol. The molecule has 1 amide bonds. The molecule has 3 nitrogen and oxygen atoms in total. The lowest BCUT2D eigenvalue weighted by Crippen LogP contribution is -2.45. The minimum absolute atomic E-state index is 0.162. The van der Waals surface area contributed by atoms with Crippen molar-refractivity contribution in [2.45, 2.75) is 58.8 Å². The van der Waals surface area contributed by atoms with E-state index in [0.717, 1.165) is 18.4 Å². The van der Waals surface area contributed by atoms with E-state index < -0.39 is 0 Å². The number of carbonyl (C=O) groups is 1. The van der Waals surface area contributed by atoms with Crippen LogP contribution >= 0.6 is 0 Å². The van der Waals surface area contributed by atoms with Crippen LogP contribution in [0.1, 0.15) is 52.1 Å². The zero-order chi connectivity index (χ0) is 14.7. The molecule has 1 fully saturated rings. The monoisotopic (exact) mass is 274 g/mol. The van der Waals surface area contributed by atoms with Crippen LogP contribution in [0, 0.1) is 5.92 Å². The second-order valence-corrected chi connectivity index (χ2v) is 6.04. The van der Waals surface area contributed by atoms with E-state index in [1.807, 2.05) is 30.3 Å². The van der Waals surface area contributed by atoms with Gasteiger partial charge in [-0.05, 0) is 24.8 Å². The second-order valence-electron chi connectivity index (χ2n) is 6.04. The maximum Gasteiger partial charge on any atom is 0.245 e. The van der Waals surface area contributed by atoms with Gasteiger partial charge in [0.25, 0.3) is 0 Å². The van der Waals surface area contributed by atoms with Crippen molar-refractivity contribution < 1.29 is 4.79 Å². The van der Waals surface area contributed by atoms with Gasteiger partial charge in [0.15, 0.2) is 0 Å². The molecule has 110 valence electrons. The van der Waals surface area contributed by atoms with Gasteiger partial charge in [-0.1, -0.05) is 57.5 Å². The van der Waals surface area contributed by atoms with Gasteiger partial charge in [-0.25, -0.2) is 0 Å². The summed E-state index contributed by atoms with van der Waals surface area (Å²) in [7, 11) is 0. The molecule has 20 heavy (non-hydrogen) atoms. The Morgan fingerprint density at radius 1 is 1.20 bits per heavy atom. The highest BCUT2D eigenvalue weighted by Crippen LogP contribution is 2.29. The SMILES string of the molecule is CCCC1NC(c2ccccc2)C(=O)N1C(C)C(C)C. The first kappa shape index (κ1) is 15.0. The summed E-state index contributed by atoms with van der Waals surface area (Å²) in [4.78, 5) is 14.9. The first-order chi connectivity index (χ1) is 9.56. The predicted molar refractivity (Wildman–Crippen MR) is 82.2 cm³/mol. The minimum atomic E-state index is -0.186. The van der Waals surface area contributed by atoms with Crippen molar-refractivity contribution in [3.8, 4) is 0 Å². The van der Waals surface area contributed by atoms with Crippen LogP contribution in [0.15, 0.2) is 30.3 Å². The Morgan fingerprint density at radius 3 is 2.40 bits per heavy atom. The number of amides is 1. The molecule has 1 aromatic rings. The summed E-state index contributed by atoms with van der Waals surface area (Å²) in [5.41, 5.74) is 1.07. The van der Waals surface area contributed by atoms with Crippen molar-refractivity contribution in [1.82, 2.24) is 10.2 Å². The smallest absolute Gasteiger partial charge is 0.245 e. The van der Waals surface area contributed by atoms with E-state index in [2.05, 4.69) is 37.9 Å². The van der Waals surface area contributed by atoms with Gasteiger partial charge < -0.3 is 4.90 Å². The molecule has 1 aliphatic rings. The van der Waals surface area contributed by atoms with Crippen molar-refractivity contribution in [2.75, 3.05) is 0 Å². The Kier molecular flexibility index (Phi) is 4.81. The Bertz CT molecular complexity index is 444. The average Bonchev–Trinajstić information content (AvgIpc) is 2.76. The molecule has 2 rings (SSSR count). The van der Waals surface area contributed by atoms with Gasteiger partial charge in [0.1, 0.15) is 6.04 Å². The van der Waals surface area contributed by atoms with Gasteiger partial charge in [-0.3, -0.25) is 10.1 Å². The summed E-state index contributed by atoms with van der Waals surface area (Å²) in [6.07, 6.45) is 2.25. The fourth-order valence-corrected chi connectivity index (χ4v) is 2.83. The summed E-state index contributed by atoms with van der Waals surface area (Å²) in [6.45, 7) is 8.67. The number of hydrogen-bond acceptors (Lipinski definition) is 2. The second kappa shape index (κ2) is 6.40. The third-order valence-electron chi connectivity index (χ3n) is 4.29. The molecule has 1 saturated heterocycles. The fraction of sp³-hybridized carbons (Fsp3) is 0.588. The fourth-order valence-electron chi connectivity index (χ4n) is 2.83. The zero-order valence-electron chi connectivity index (χ0n) is 13.0. The van der Waals surface area contributed by atoms with Gasteiger partial charge in [0.2, 0.25) is 5.91 Å². The van der Waals surface area contributed by atoms with E-state index in [-0.39, 0.29) is 24.2 Å². The van der Waals surface area contributed by atoms with Crippen LogP contribution in [0.5, 0.6) is 0 Å². The molecule has 1 heterocycles. The van der Waals surface area contributed by atoms with Gasteiger partial charge in [0.05, 0.1) is 6.17 Å². The van der Waals surface area contributed by atoms with Crippen LogP contribution in [0.4, 0.5) is 0 Å². The highest BCUT2D eigenvalue weighted by molar-refractivity contribution is 5.86. The van der Waals surface area contributed by atoms with E-state index in [9.17, 15) is 4.79 Å². The number of benzene rings is 1. The number of hydrogen-bond donors (Lipinski definition) is 1. The number of nitrogens with zero attached hydrogens (tertiary/aromatic N) is 1. The minimum Gasteiger partial charge on any atom is -0.323 e. The standard InChI is InChI=1S/C17H26N2O/c1-5-9-15-18-16(14-10-7-6-8-11-14)17(20)19(15)13(4)12(2)3/h6-8,10-13,15-16,18H,5,9H2,1-4H3. The molecule has 1 aromatic carbocycles. The molecule has 0 aliphatic carbocycles. The molecule has 0 saturated carbocycles. The molecular formula is C17H26N2O. The van der Waals surface area contributed by atoms with Crippen molar-refractivity contribution in [3.05, 3.63) is 35.9 Å². The van der Waals surface area contributed by atoms with E-state index in [1.54, 1.807) is 0 Å². The number of carbonyl (C=O) groups excluding carboxylic acids is 1. The highest BCUT2D eigenvalue weighted by atomic mass is 16.2. The largest absolute Gasteiger partial charge is 0.323 e. The Labute approximate surface area is 122 Å². The molecule has 0 aromatic heterocycles. The highest BCUT2D eigenvalue weighted by Gasteiger charge is 2.41. The molecule has 0 bridgehead atoms. The van der Waals surface area contributed by atoms with Crippen LogP contribution < -0.4 is 5.32 Å². The molecule has 1 aliphatic heterocycles. The summed E-state index contributed by atoms with van der Waals surface area (Å²) < 4.78 is 0. The van der Waals surface area contributed by atoms with Crippen LogP contribution in [0.25, 0.3) is 0 Å². The molecule has 0 radical (unpaired) electrons. The van der Waals surface area contributed by atoms with E-state index >= 15 is 0 Å². The van der Waals surface area contributed by atoms with Crippen molar-refractivity contribution in [2.24, 2.45) is 5.92 Å². The normalized spacial score (nSPS) is 24.4. The molecule has 3 atom stereocenters. The maximum absolute atomic E-state index is 12.8. The van der Waals surface area contributed by atoms with E-state index in [1.165, 1.54) is 0 Å². The molecular weight excluding hydrogens is 248 g/mol. The third-order valence-corrected chi connectivity index (χ3v) is 4.29. The first-order valence-corrected chi connectivity index (χ1v) is 7.69. The van der Waals surface area contributed by atoms with Crippen molar-refractivity contribution >= 4 is 5.91 Å². The zero-order valence-corrected chi connectivity index (χ0v) is 13.0. The van der Waals surface area contributed by atoms with Crippen molar-refractivity contribution in [1.29, 1.82) is 0 Å². The van der Waals surface area contributed by atoms with Gasteiger partial charge in [-0.2, -0.15) is 0 Å². The summed E-state index contributed by atoms with van der Waals surface area (Å²) >= 11 is 0. The first-order valence-electron chi connectivity index (χ1n) is 7.69. The topological polar surface area (TPSA) is 32.3 Å². The van der Waals surface area contributed by atoms with Crippen LogP contribution in [-0.2, 0) is 4.79 Å². The summed E-state index contributed by atoms with van der Waals surface area (Å²) in [6, 6.07) is 10.1. The van der Waals surface area contributed by atoms with Gasteiger partial charge in [0, 0.05) is 6.04 Å². The summed E-state index contributed by atoms with van der Waals surface area (Å²) in [5, 5.41) is 3.52. The van der Waals surface area contributed by atoms with Crippen LogP contribution in [0.2, 0.25) is 0 Å². The Balaban J connectivity index is 2.25. The Hall–Kier alpha value is -1.35. The van der Waals surface area contributed by atoms with Crippen molar-refractivity contribution in [3.63, 3.8) is 0 Å². The lowest BCUT2D eigenvalue weighted by atomic mass is 10.0. The summed E-state index contributed by atoms with van der Waals surface area (Å²) in [5.74, 6) is 0.686.